The summed E-state index contributed by atoms with van der Waals surface area (Å²) in [5, 5.41) is -0.441. The first-order chi connectivity index (χ1) is 8.88. The van der Waals surface area contributed by atoms with Crippen molar-refractivity contribution in [2.45, 2.75) is 30.9 Å². The SMILES string of the molecule is CS(=O)(=O)C1CCCC(C(=O)c2cccc(F)c2)C1. The van der Waals surface area contributed by atoms with Gasteiger partial charge < -0.3 is 0 Å². The van der Waals surface area contributed by atoms with Gasteiger partial charge in [-0.1, -0.05) is 18.6 Å². The third-order valence-corrected chi connectivity index (χ3v) is 5.35. The molecular weight excluding hydrogens is 267 g/mol. The zero-order chi connectivity index (χ0) is 14.0. The summed E-state index contributed by atoms with van der Waals surface area (Å²) in [6, 6.07) is 5.58. The van der Waals surface area contributed by atoms with Crippen LogP contribution in [-0.4, -0.2) is 25.7 Å². The molecule has 0 amide bonds. The summed E-state index contributed by atoms with van der Waals surface area (Å²) >= 11 is 0. The van der Waals surface area contributed by atoms with Gasteiger partial charge in [-0.15, -0.1) is 0 Å². The van der Waals surface area contributed by atoms with Crippen molar-refractivity contribution >= 4 is 15.6 Å². The van der Waals surface area contributed by atoms with E-state index >= 15 is 0 Å². The molecule has 3 nitrogen and oxygen atoms in total. The van der Waals surface area contributed by atoms with Crippen molar-refractivity contribution in [3.05, 3.63) is 35.6 Å². The Hall–Kier alpha value is -1.23. The molecule has 1 aliphatic rings. The topological polar surface area (TPSA) is 51.2 Å². The molecule has 1 aromatic rings. The van der Waals surface area contributed by atoms with Crippen LogP contribution < -0.4 is 0 Å². The van der Waals surface area contributed by atoms with Crippen LogP contribution in [0.5, 0.6) is 0 Å². The van der Waals surface area contributed by atoms with E-state index in [1.807, 2.05) is 0 Å². The van der Waals surface area contributed by atoms with Crippen molar-refractivity contribution in [2.24, 2.45) is 5.92 Å². The van der Waals surface area contributed by atoms with Crippen LogP contribution in [0.1, 0.15) is 36.0 Å². The van der Waals surface area contributed by atoms with Gasteiger partial charge in [0.1, 0.15) is 15.7 Å². The summed E-state index contributed by atoms with van der Waals surface area (Å²) in [4.78, 5) is 12.3. The van der Waals surface area contributed by atoms with E-state index in [0.29, 0.717) is 24.8 Å². The Morgan fingerprint density at radius 3 is 2.68 bits per heavy atom. The second-order valence-corrected chi connectivity index (χ2v) is 7.52. The molecule has 0 aliphatic heterocycles. The summed E-state index contributed by atoms with van der Waals surface area (Å²) in [6.07, 6.45) is 3.59. The highest BCUT2D eigenvalue weighted by atomic mass is 32.2. The van der Waals surface area contributed by atoms with Crippen molar-refractivity contribution in [3.63, 3.8) is 0 Å². The van der Waals surface area contributed by atoms with E-state index < -0.39 is 20.9 Å². The minimum Gasteiger partial charge on any atom is -0.294 e. The fraction of sp³-hybridized carbons (Fsp3) is 0.500. The number of benzene rings is 1. The third kappa shape index (κ3) is 3.41. The number of sulfone groups is 1. The van der Waals surface area contributed by atoms with Crippen molar-refractivity contribution in [1.82, 2.24) is 0 Å². The number of Topliss-reactive ketones (excluding diaryl/α,β-unsaturated/α-hetero) is 1. The summed E-state index contributed by atoms with van der Waals surface area (Å²) in [7, 11) is -3.11. The zero-order valence-corrected chi connectivity index (χ0v) is 11.6. The lowest BCUT2D eigenvalue weighted by molar-refractivity contribution is 0.0890. The van der Waals surface area contributed by atoms with E-state index in [1.54, 1.807) is 6.07 Å². The van der Waals surface area contributed by atoms with Crippen LogP contribution in [-0.2, 0) is 9.84 Å². The lowest BCUT2D eigenvalue weighted by Crippen LogP contribution is -2.31. The highest BCUT2D eigenvalue weighted by molar-refractivity contribution is 7.91. The molecule has 1 aromatic carbocycles. The maximum Gasteiger partial charge on any atom is 0.166 e. The number of carbonyl (C=O) groups excluding carboxylic acids is 1. The number of halogens is 1. The molecule has 5 heteroatoms. The Morgan fingerprint density at radius 1 is 1.32 bits per heavy atom. The van der Waals surface area contributed by atoms with Crippen LogP contribution in [0, 0.1) is 11.7 Å². The Bertz CT molecular complexity index is 580. The van der Waals surface area contributed by atoms with Crippen LogP contribution in [0.25, 0.3) is 0 Å². The third-order valence-electron chi connectivity index (χ3n) is 3.71. The van der Waals surface area contributed by atoms with E-state index in [1.165, 1.54) is 24.5 Å². The van der Waals surface area contributed by atoms with Crippen LogP contribution >= 0.6 is 0 Å². The largest absolute Gasteiger partial charge is 0.294 e. The molecule has 2 rings (SSSR count). The molecule has 2 atom stereocenters. The molecule has 0 bridgehead atoms. The van der Waals surface area contributed by atoms with Gasteiger partial charge in [0.2, 0.25) is 0 Å². The van der Waals surface area contributed by atoms with Gasteiger partial charge in [0.25, 0.3) is 0 Å². The lowest BCUT2D eigenvalue weighted by Gasteiger charge is -2.27. The molecule has 1 aliphatic carbocycles. The molecule has 104 valence electrons. The van der Waals surface area contributed by atoms with Crippen molar-refractivity contribution < 1.29 is 17.6 Å². The van der Waals surface area contributed by atoms with Gasteiger partial charge >= 0.3 is 0 Å². The maximum atomic E-state index is 13.1. The van der Waals surface area contributed by atoms with E-state index in [2.05, 4.69) is 0 Å². The molecule has 0 spiro atoms. The second kappa shape index (κ2) is 5.41. The summed E-state index contributed by atoms with van der Waals surface area (Å²) in [6.45, 7) is 0. The fourth-order valence-corrected chi connectivity index (χ4v) is 3.83. The first kappa shape index (κ1) is 14.2. The van der Waals surface area contributed by atoms with Gasteiger partial charge in [-0.2, -0.15) is 0 Å². The van der Waals surface area contributed by atoms with Gasteiger partial charge in [0.15, 0.2) is 5.78 Å². The molecule has 19 heavy (non-hydrogen) atoms. The Morgan fingerprint density at radius 2 is 2.05 bits per heavy atom. The molecule has 1 saturated carbocycles. The number of ketones is 1. The first-order valence-electron chi connectivity index (χ1n) is 6.36. The van der Waals surface area contributed by atoms with Crippen molar-refractivity contribution in [3.8, 4) is 0 Å². The second-order valence-electron chi connectivity index (χ2n) is 5.19. The molecule has 0 saturated heterocycles. The smallest absolute Gasteiger partial charge is 0.166 e. The molecule has 0 radical (unpaired) electrons. The van der Waals surface area contributed by atoms with Gasteiger partial charge in [-0.3, -0.25) is 4.79 Å². The van der Waals surface area contributed by atoms with Crippen molar-refractivity contribution in [1.29, 1.82) is 0 Å². The predicted molar refractivity (Wildman–Crippen MR) is 71.3 cm³/mol. The number of hydrogen-bond donors (Lipinski definition) is 0. The normalized spacial score (nSPS) is 24.1. The Kier molecular flexibility index (Phi) is 4.04. The number of carbonyl (C=O) groups is 1. The highest BCUT2D eigenvalue weighted by Crippen LogP contribution is 2.30. The van der Waals surface area contributed by atoms with E-state index in [4.69, 9.17) is 0 Å². The Labute approximate surface area is 112 Å². The van der Waals surface area contributed by atoms with E-state index in [0.717, 1.165) is 6.42 Å². The predicted octanol–water partition coefficient (Wildman–Crippen LogP) is 2.61. The monoisotopic (exact) mass is 284 g/mol. The molecule has 0 aromatic heterocycles. The molecule has 1 fully saturated rings. The summed E-state index contributed by atoms with van der Waals surface area (Å²) in [5.41, 5.74) is 0.333. The van der Waals surface area contributed by atoms with Gasteiger partial charge in [-0.25, -0.2) is 12.8 Å². The molecular formula is C14H17FO3S. The quantitative estimate of drug-likeness (QED) is 0.802. The van der Waals surface area contributed by atoms with Crippen LogP contribution in [0.15, 0.2) is 24.3 Å². The number of hydrogen-bond acceptors (Lipinski definition) is 3. The lowest BCUT2D eigenvalue weighted by atomic mass is 9.83. The van der Waals surface area contributed by atoms with Crippen LogP contribution in [0.2, 0.25) is 0 Å². The van der Waals surface area contributed by atoms with E-state index in [9.17, 15) is 17.6 Å². The maximum absolute atomic E-state index is 13.1. The van der Waals surface area contributed by atoms with Crippen molar-refractivity contribution in [2.75, 3.05) is 6.26 Å². The molecule has 2 unspecified atom stereocenters. The minimum atomic E-state index is -3.11. The summed E-state index contributed by atoms with van der Waals surface area (Å²) < 4.78 is 36.3. The van der Waals surface area contributed by atoms with E-state index in [-0.39, 0.29) is 11.7 Å². The standard InChI is InChI=1S/C14H17FO3S/c1-19(17,18)13-7-3-5-11(9-13)14(16)10-4-2-6-12(15)8-10/h2,4,6,8,11,13H,3,5,7,9H2,1H3. The van der Waals surface area contributed by atoms with Gasteiger partial charge in [-0.05, 0) is 31.4 Å². The average Bonchev–Trinajstić information content (AvgIpc) is 2.37. The number of rotatable bonds is 3. The fourth-order valence-electron chi connectivity index (χ4n) is 2.65. The zero-order valence-electron chi connectivity index (χ0n) is 10.8. The highest BCUT2D eigenvalue weighted by Gasteiger charge is 2.32. The average molecular weight is 284 g/mol. The Balaban J connectivity index is 2.16. The van der Waals surface area contributed by atoms with Crippen LogP contribution in [0.3, 0.4) is 0 Å². The summed E-state index contributed by atoms with van der Waals surface area (Å²) in [5.74, 6) is -0.899. The van der Waals surface area contributed by atoms with Crippen LogP contribution in [0.4, 0.5) is 4.39 Å². The molecule has 0 N–H and O–H groups in total. The first-order valence-corrected chi connectivity index (χ1v) is 8.32. The minimum absolute atomic E-state index is 0.146. The van der Waals surface area contributed by atoms with Gasteiger partial charge in [0, 0.05) is 17.7 Å². The molecule has 0 heterocycles. The van der Waals surface area contributed by atoms with Gasteiger partial charge in [0.05, 0.1) is 5.25 Å².